The van der Waals surface area contributed by atoms with E-state index in [4.69, 9.17) is 0 Å². The largest absolute Gasteiger partial charge is 0.310 e. The Morgan fingerprint density at radius 2 is 0.775 bits per heavy atom. The van der Waals surface area contributed by atoms with E-state index in [0.29, 0.717) is 5.56 Å². The van der Waals surface area contributed by atoms with Crippen molar-refractivity contribution in [3.05, 3.63) is 254 Å². The van der Waals surface area contributed by atoms with Gasteiger partial charge in [-0.1, -0.05) is 133 Å². The zero-order valence-electron chi connectivity index (χ0n) is 38.6. The molecule has 0 spiro atoms. The predicted octanol–water partition coefficient (Wildman–Crippen LogP) is 16.6. The van der Waals surface area contributed by atoms with Crippen LogP contribution in [0.5, 0.6) is 0 Å². The Hall–Kier alpha value is -9.41. The highest BCUT2D eigenvalue weighted by atomic mass is 15.2. The Morgan fingerprint density at radius 1 is 0.380 bits per heavy atom. The summed E-state index contributed by atoms with van der Waals surface area (Å²) in [4.78, 5) is 4.65. The van der Waals surface area contributed by atoms with Crippen LogP contribution in [0.2, 0.25) is 0 Å². The van der Waals surface area contributed by atoms with Crippen molar-refractivity contribution in [1.82, 2.24) is 14.5 Å². The van der Waals surface area contributed by atoms with Crippen LogP contribution in [-0.4, -0.2) is 15.7 Å². The summed E-state index contributed by atoms with van der Waals surface area (Å²) in [5.41, 5.74) is 14.3. The summed E-state index contributed by atoms with van der Waals surface area (Å²) in [6, 6.07) is 89.5. The minimum absolute atomic E-state index is 0.112. The fourth-order valence-electron chi connectivity index (χ4n) is 11.2. The molecule has 1 N–H and O–H groups in total. The molecule has 0 amide bonds. The lowest BCUT2D eigenvalue weighted by Crippen LogP contribution is -2.10. The van der Waals surface area contributed by atoms with Gasteiger partial charge in [-0.2, -0.15) is 5.26 Å². The van der Waals surface area contributed by atoms with Crippen molar-refractivity contribution in [2.45, 2.75) is 6.04 Å². The highest BCUT2D eigenvalue weighted by molar-refractivity contribution is 6.23. The van der Waals surface area contributed by atoms with Crippen LogP contribution in [0.25, 0.3) is 76.5 Å². The molecule has 6 nitrogen and oxygen atoms in total. The summed E-state index contributed by atoms with van der Waals surface area (Å²) in [7, 11) is 0. The summed E-state index contributed by atoms with van der Waals surface area (Å²) in [6.07, 6.45) is 0. The first-order valence-electron chi connectivity index (χ1n) is 24.2. The minimum Gasteiger partial charge on any atom is -0.310 e. The summed E-state index contributed by atoms with van der Waals surface area (Å²) in [5, 5.41) is 24.5. The third-order valence-electron chi connectivity index (χ3n) is 14.4. The van der Waals surface area contributed by atoms with Crippen molar-refractivity contribution >= 4 is 99.3 Å². The number of para-hydroxylation sites is 4. The molecule has 13 aromatic rings. The number of hydrogen-bond donors (Lipinski definition) is 1. The lowest BCUT2D eigenvalue weighted by atomic mass is 10.0. The first-order chi connectivity index (χ1) is 35.2. The van der Waals surface area contributed by atoms with Gasteiger partial charge in [0.2, 0.25) is 0 Å². The Balaban J connectivity index is 1.02. The van der Waals surface area contributed by atoms with Crippen molar-refractivity contribution < 1.29 is 0 Å². The van der Waals surface area contributed by atoms with Gasteiger partial charge in [-0.15, -0.1) is 0 Å². The van der Waals surface area contributed by atoms with Gasteiger partial charge >= 0.3 is 0 Å². The summed E-state index contributed by atoms with van der Waals surface area (Å²) < 4.78 is 4.74. The molecule has 1 saturated heterocycles. The average molecular weight is 909 g/mol. The van der Waals surface area contributed by atoms with Gasteiger partial charge in [-0.3, -0.25) is 0 Å². The van der Waals surface area contributed by atoms with E-state index in [0.717, 1.165) is 95.8 Å². The molecule has 1 aliphatic rings. The molecule has 0 saturated carbocycles. The molecule has 2 aromatic heterocycles. The minimum atomic E-state index is 0.112. The second-order valence-electron chi connectivity index (χ2n) is 18.4. The Kier molecular flexibility index (Phi) is 9.38. The topological polar surface area (TPSA) is 62.1 Å². The number of benzene rings is 11. The van der Waals surface area contributed by atoms with Gasteiger partial charge in [0.05, 0.1) is 39.0 Å². The van der Waals surface area contributed by atoms with E-state index < -0.39 is 0 Å². The van der Waals surface area contributed by atoms with Gasteiger partial charge in [-0.05, 0) is 136 Å². The number of nitriles is 1. The lowest BCUT2D eigenvalue weighted by Gasteiger charge is -2.25. The summed E-state index contributed by atoms with van der Waals surface area (Å²) in [6.45, 7) is 0.849. The van der Waals surface area contributed by atoms with Crippen LogP contribution < -0.4 is 15.1 Å². The van der Waals surface area contributed by atoms with Crippen molar-refractivity contribution in [1.29, 1.82) is 5.26 Å². The normalized spacial score (nSPS) is 13.4. The molecule has 1 unspecified atom stereocenters. The van der Waals surface area contributed by atoms with Crippen molar-refractivity contribution in [3.8, 4) is 17.4 Å². The van der Waals surface area contributed by atoms with Crippen LogP contribution in [-0.2, 0) is 0 Å². The van der Waals surface area contributed by atoms with Gasteiger partial charge in [0, 0.05) is 68.3 Å². The molecule has 3 heterocycles. The van der Waals surface area contributed by atoms with Crippen LogP contribution in [0.15, 0.2) is 243 Å². The van der Waals surface area contributed by atoms with E-state index in [1.54, 1.807) is 0 Å². The Morgan fingerprint density at radius 3 is 1.20 bits per heavy atom. The summed E-state index contributed by atoms with van der Waals surface area (Å²) >= 11 is 0. The van der Waals surface area contributed by atoms with Gasteiger partial charge < -0.3 is 24.3 Å². The molecule has 1 atom stereocenters. The number of anilines is 6. The zero-order valence-corrected chi connectivity index (χ0v) is 38.6. The average Bonchev–Trinajstić information content (AvgIpc) is 4.16. The molecule has 6 heteroatoms. The zero-order chi connectivity index (χ0) is 47.0. The maximum atomic E-state index is 11.5. The predicted molar refractivity (Wildman–Crippen MR) is 295 cm³/mol. The Bertz CT molecular complexity index is 4160. The number of nitrogens with one attached hydrogen (secondary N) is 1. The number of hydrogen-bond acceptors (Lipinski definition) is 4. The maximum Gasteiger partial charge on any atom is 0.101 e. The smallest absolute Gasteiger partial charge is 0.101 e. The van der Waals surface area contributed by atoms with Crippen LogP contribution >= 0.6 is 0 Å². The van der Waals surface area contributed by atoms with Crippen LogP contribution in [0, 0.1) is 11.3 Å². The van der Waals surface area contributed by atoms with Gasteiger partial charge in [-0.25, -0.2) is 0 Å². The Labute approximate surface area is 410 Å². The molecular weight excluding hydrogens is 865 g/mol. The highest BCUT2D eigenvalue weighted by Gasteiger charge is 2.31. The van der Waals surface area contributed by atoms with E-state index in [1.165, 1.54) is 26.9 Å². The first-order valence-corrected chi connectivity index (χ1v) is 24.2. The first kappa shape index (κ1) is 40.6. The fraction of sp³-hybridized carbons (Fsp3) is 0.0308. The lowest BCUT2D eigenvalue weighted by molar-refractivity contribution is 1.01. The highest BCUT2D eigenvalue weighted by Crippen LogP contribution is 2.46. The van der Waals surface area contributed by atoms with E-state index in [9.17, 15) is 5.26 Å². The number of rotatable bonds is 9. The van der Waals surface area contributed by atoms with Crippen molar-refractivity contribution in [2.75, 3.05) is 16.3 Å². The summed E-state index contributed by atoms with van der Waals surface area (Å²) in [5.74, 6) is 0. The molecule has 0 aliphatic carbocycles. The van der Waals surface area contributed by atoms with Crippen LogP contribution in [0.1, 0.15) is 17.2 Å². The van der Waals surface area contributed by atoms with E-state index in [-0.39, 0.29) is 6.04 Å². The third kappa shape index (κ3) is 6.59. The van der Waals surface area contributed by atoms with Gasteiger partial charge in [0.25, 0.3) is 0 Å². The van der Waals surface area contributed by atoms with Crippen molar-refractivity contribution in [3.63, 3.8) is 0 Å². The third-order valence-corrected chi connectivity index (χ3v) is 14.4. The molecule has 0 bridgehead atoms. The molecule has 14 rings (SSSR count). The maximum absolute atomic E-state index is 11.5. The second-order valence-corrected chi connectivity index (χ2v) is 18.4. The van der Waals surface area contributed by atoms with E-state index in [1.807, 2.05) is 0 Å². The monoisotopic (exact) mass is 908 g/mol. The van der Waals surface area contributed by atoms with Gasteiger partial charge in [0.15, 0.2) is 0 Å². The number of aromatic nitrogens is 2. The van der Waals surface area contributed by atoms with E-state index in [2.05, 4.69) is 273 Å². The van der Waals surface area contributed by atoms with Gasteiger partial charge in [0.1, 0.15) is 6.07 Å². The van der Waals surface area contributed by atoms with Crippen LogP contribution in [0.3, 0.4) is 0 Å². The molecule has 1 aliphatic heterocycles. The second kappa shape index (κ2) is 16.4. The quantitative estimate of drug-likeness (QED) is 0.147. The fourth-order valence-corrected chi connectivity index (χ4v) is 11.2. The molecule has 1 fully saturated rings. The molecule has 0 radical (unpaired) electrons. The molecule has 71 heavy (non-hydrogen) atoms. The van der Waals surface area contributed by atoms with E-state index >= 15 is 0 Å². The van der Waals surface area contributed by atoms with Crippen molar-refractivity contribution in [2.24, 2.45) is 0 Å². The SMILES string of the molecule is N#Cc1cc(-n2c3ccc(N(c4ccccc4)c4ccccc4)cc3c3c4ccccc4ccc32)c(C2CN2)cc1-n1c2ccc(N(c3ccccc3)c3ccccc3)cc2c2c3ccccc3ccc21. The molecular formula is C65H44N6. The number of nitrogens with zero attached hydrogens (tertiary/aromatic N) is 5. The number of fused-ring (bicyclic) bond motifs is 10. The standard InChI is InChI=1S/C65H44N6/c66-41-45-37-63(71-59-36-32-51(69(48-23-9-3-10-24-48)49-25-11-4-12-26-49)39-56(59)65-53-28-16-14-18-44(53)30-34-61(65)71)54(57-42-67-57)40-62(45)70-58-35-31-50(68(46-19-5-1-6-20-46)47-21-7-2-8-22-47)38-55(58)64-52-27-15-13-17-43(52)29-33-60(64)70/h1-40,57,67H,42H2. The molecule has 11 aromatic carbocycles. The van der Waals surface area contributed by atoms with Crippen LogP contribution in [0.4, 0.5) is 34.1 Å². The molecule has 334 valence electrons.